The number of nitrogens with zero attached hydrogens (tertiary/aromatic N) is 2. The molecule has 0 bridgehead atoms. The van der Waals surface area contributed by atoms with E-state index in [1.165, 1.54) is 0 Å². The van der Waals surface area contributed by atoms with Crippen molar-refractivity contribution in [3.05, 3.63) is 36.2 Å². The molecule has 0 saturated carbocycles. The van der Waals surface area contributed by atoms with Gasteiger partial charge in [-0.15, -0.1) is 0 Å². The Bertz CT molecular complexity index is 564. The van der Waals surface area contributed by atoms with Gasteiger partial charge in [-0.25, -0.2) is 0 Å². The highest BCUT2D eigenvalue weighted by Crippen LogP contribution is 2.29. The second-order valence-corrected chi connectivity index (χ2v) is 4.54. The summed E-state index contributed by atoms with van der Waals surface area (Å²) >= 11 is 0. The molecule has 20 heavy (non-hydrogen) atoms. The van der Waals surface area contributed by atoms with Crippen molar-refractivity contribution >= 4 is 11.0 Å². The van der Waals surface area contributed by atoms with Crippen molar-refractivity contribution < 1.29 is 13.2 Å². The summed E-state index contributed by atoms with van der Waals surface area (Å²) in [6.07, 6.45) is -1.85. The molecular weight excluding hydrogens is 267 g/mol. The monoisotopic (exact) mass is 283 g/mol. The number of fused-ring (bicyclic) bond motifs is 1. The SMILES string of the molecule is CCNC(CCC(F)(F)F)c1cccc2nccnc12. The van der Waals surface area contributed by atoms with Gasteiger partial charge in [0.25, 0.3) is 0 Å². The van der Waals surface area contributed by atoms with Crippen LogP contribution in [0.15, 0.2) is 30.6 Å². The average Bonchev–Trinajstić information content (AvgIpc) is 2.42. The van der Waals surface area contributed by atoms with E-state index in [1.807, 2.05) is 6.92 Å². The minimum Gasteiger partial charge on any atom is -0.310 e. The van der Waals surface area contributed by atoms with E-state index in [-0.39, 0.29) is 12.5 Å². The van der Waals surface area contributed by atoms with Gasteiger partial charge in [0.15, 0.2) is 0 Å². The van der Waals surface area contributed by atoms with Crippen molar-refractivity contribution in [2.24, 2.45) is 0 Å². The van der Waals surface area contributed by atoms with Crippen molar-refractivity contribution in [3.63, 3.8) is 0 Å². The highest BCUT2D eigenvalue weighted by Gasteiger charge is 2.29. The lowest BCUT2D eigenvalue weighted by Crippen LogP contribution is -2.23. The van der Waals surface area contributed by atoms with Crippen molar-refractivity contribution in [1.82, 2.24) is 15.3 Å². The second-order valence-electron chi connectivity index (χ2n) is 4.54. The van der Waals surface area contributed by atoms with E-state index in [9.17, 15) is 13.2 Å². The number of hydrogen-bond donors (Lipinski definition) is 1. The quantitative estimate of drug-likeness (QED) is 0.910. The Labute approximate surface area is 115 Å². The van der Waals surface area contributed by atoms with E-state index < -0.39 is 12.6 Å². The first kappa shape index (κ1) is 14.7. The zero-order valence-corrected chi connectivity index (χ0v) is 11.1. The van der Waals surface area contributed by atoms with Crippen LogP contribution in [0.25, 0.3) is 11.0 Å². The summed E-state index contributed by atoms with van der Waals surface area (Å²) in [6.45, 7) is 2.47. The molecular formula is C14H16F3N3. The van der Waals surface area contributed by atoms with Crippen LogP contribution in [-0.2, 0) is 0 Å². The third kappa shape index (κ3) is 3.66. The van der Waals surface area contributed by atoms with Gasteiger partial charge in [0.05, 0.1) is 11.0 Å². The molecule has 1 unspecified atom stereocenters. The fraction of sp³-hybridized carbons (Fsp3) is 0.429. The molecule has 1 atom stereocenters. The number of alkyl halides is 3. The molecule has 1 aromatic carbocycles. The zero-order valence-electron chi connectivity index (χ0n) is 11.1. The molecule has 0 fully saturated rings. The highest BCUT2D eigenvalue weighted by molar-refractivity contribution is 5.78. The maximum absolute atomic E-state index is 12.4. The minimum atomic E-state index is -4.15. The van der Waals surface area contributed by atoms with Gasteiger partial charge in [-0.1, -0.05) is 19.1 Å². The van der Waals surface area contributed by atoms with Gasteiger partial charge in [-0.3, -0.25) is 9.97 Å². The van der Waals surface area contributed by atoms with Crippen molar-refractivity contribution in [2.45, 2.75) is 32.0 Å². The van der Waals surface area contributed by atoms with Crippen LogP contribution in [0.4, 0.5) is 13.2 Å². The van der Waals surface area contributed by atoms with E-state index in [1.54, 1.807) is 30.6 Å². The first-order chi connectivity index (χ1) is 9.51. The van der Waals surface area contributed by atoms with Gasteiger partial charge in [-0.05, 0) is 24.6 Å². The summed E-state index contributed by atoms with van der Waals surface area (Å²) in [6, 6.07) is 5.03. The molecule has 6 heteroatoms. The lowest BCUT2D eigenvalue weighted by Gasteiger charge is -2.20. The highest BCUT2D eigenvalue weighted by atomic mass is 19.4. The Kier molecular flexibility index (Phi) is 4.54. The molecule has 108 valence electrons. The first-order valence-corrected chi connectivity index (χ1v) is 6.51. The predicted octanol–water partition coefficient (Wildman–Crippen LogP) is 3.62. The van der Waals surface area contributed by atoms with Crippen LogP contribution in [0.2, 0.25) is 0 Å². The van der Waals surface area contributed by atoms with Crippen molar-refractivity contribution in [1.29, 1.82) is 0 Å². The molecule has 1 heterocycles. The van der Waals surface area contributed by atoms with Gasteiger partial charge in [0.1, 0.15) is 0 Å². The van der Waals surface area contributed by atoms with E-state index >= 15 is 0 Å². The topological polar surface area (TPSA) is 37.8 Å². The minimum absolute atomic E-state index is 0.00692. The van der Waals surface area contributed by atoms with Crippen LogP contribution >= 0.6 is 0 Å². The predicted molar refractivity (Wildman–Crippen MR) is 71.2 cm³/mol. The molecule has 0 radical (unpaired) electrons. The second kappa shape index (κ2) is 6.17. The molecule has 0 saturated heterocycles. The molecule has 0 aliphatic carbocycles. The molecule has 0 aliphatic heterocycles. The maximum atomic E-state index is 12.4. The molecule has 2 rings (SSSR count). The molecule has 0 spiro atoms. The number of halogens is 3. The smallest absolute Gasteiger partial charge is 0.310 e. The van der Waals surface area contributed by atoms with Gasteiger partial charge in [0.2, 0.25) is 0 Å². The number of para-hydroxylation sites is 1. The molecule has 0 aliphatic rings. The molecule has 1 aromatic heterocycles. The lowest BCUT2D eigenvalue weighted by atomic mass is 10.00. The first-order valence-electron chi connectivity index (χ1n) is 6.51. The Morgan fingerprint density at radius 2 is 1.95 bits per heavy atom. The van der Waals surface area contributed by atoms with E-state index in [0.29, 0.717) is 17.6 Å². The molecule has 3 nitrogen and oxygen atoms in total. The number of hydrogen-bond acceptors (Lipinski definition) is 3. The fourth-order valence-electron chi connectivity index (χ4n) is 2.22. The Morgan fingerprint density at radius 3 is 2.65 bits per heavy atom. The van der Waals surface area contributed by atoms with Gasteiger partial charge < -0.3 is 5.32 Å². The van der Waals surface area contributed by atoms with Gasteiger partial charge in [0, 0.05) is 24.9 Å². The molecule has 2 aromatic rings. The van der Waals surface area contributed by atoms with Gasteiger partial charge >= 0.3 is 6.18 Å². The summed E-state index contributed by atoms with van der Waals surface area (Å²) < 4.78 is 37.3. The number of benzene rings is 1. The number of nitrogens with one attached hydrogen (secondary N) is 1. The summed E-state index contributed by atoms with van der Waals surface area (Å²) in [4.78, 5) is 8.43. The van der Waals surface area contributed by atoms with Crippen LogP contribution < -0.4 is 5.32 Å². The fourth-order valence-corrected chi connectivity index (χ4v) is 2.22. The van der Waals surface area contributed by atoms with Crippen molar-refractivity contribution in [3.8, 4) is 0 Å². The third-order valence-corrected chi connectivity index (χ3v) is 3.07. The van der Waals surface area contributed by atoms with Crippen LogP contribution in [0.1, 0.15) is 31.4 Å². The molecule has 0 amide bonds. The summed E-state index contributed by atoms with van der Waals surface area (Å²) in [5, 5.41) is 3.10. The average molecular weight is 283 g/mol. The summed E-state index contributed by atoms with van der Waals surface area (Å²) in [7, 11) is 0. The van der Waals surface area contributed by atoms with E-state index in [4.69, 9.17) is 0 Å². The third-order valence-electron chi connectivity index (χ3n) is 3.07. The summed E-state index contributed by atoms with van der Waals surface area (Å²) in [5.74, 6) is 0. The van der Waals surface area contributed by atoms with Crippen LogP contribution in [0, 0.1) is 0 Å². The maximum Gasteiger partial charge on any atom is 0.389 e. The largest absolute Gasteiger partial charge is 0.389 e. The zero-order chi connectivity index (χ0) is 14.6. The van der Waals surface area contributed by atoms with Crippen LogP contribution in [-0.4, -0.2) is 22.7 Å². The number of rotatable bonds is 5. The normalized spacial score (nSPS) is 13.6. The van der Waals surface area contributed by atoms with Gasteiger partial charge in [-0.2, -0.15) is 13.2 Å². The Hall–Kier alpha value is -1.69. The van der Waals surface area contributed by atoms with Crippen LogP contribution in [0.3, 0.4) is 0 Å². The van der Waals surface area contributed by atoms with Crippen LogP contribution in [0.5, 0.6) is 0 Å². The number of aromatic nitrogens is 2. The lowest BCUT2D eigenvalue weighted by molar-refractivity contribution is -0.136. The van der Waals surface area contributed by atoms with Crippen molar-refractivity contribution in [2.75, 3.05) is 6.54 Å². The van der Waals surface area contributed by atoms with E-state index in [2.05, 4.69) is 15.3 Å². The Morgan fingerprint density at radius 1 is 1.20 bits per heavy atom. The summed E-state index contributed by atoms with van der Waals surface area (Å²) in [5.41, 5.74) is 2.12. The standard InChI is InChI=1S/C14H16F3N3/c1-2-18-11(6-7-14(15,16)17)10-4-3-5-12-13(10)20-9-8-19-12/h3-5,8-9,11,18H,2,6-7H2,1H3. The Balaban J connectivity index is 2.31. The molecule has 1 N–H and O–H groups in total. The van der Waals surface area contributed by atoms with E-state index in [0.717, 1.165) is 5.56 Å².